The molecule has 3 heterocycles. The van der Waals surface area contributed by atoms with Gasteiger partial charge in [0.1, 0.15) is 24.0 Å². The molecule has 77 valence electrons. The summed E-state index contributed by atoms with van der Waals surface area (Å²) in [6.07, 6.45) is 9.77. The van der Waals surface area contributed by atoms with Crippen LogP contribution in [0.25, 0.3) is 5.52 Å². The van der Waals surface area contributed by atoms with Crippen LogP contribution < -0.4 is 4.74 Å². The summed E-state index contributed by atoms with van der Waals surface area (Å²) in [5, 5.41) is 0. The van der Waals surface area contributed by atoms with Crippen molar-refractivity contribution >= 4 is 5.52 Å². The van der Waals surface area contributed by atoms with Gasteiger partial charge in [0.15, 0.2) is 0 Å². The van der Waals surface area contributed by atoms with Gasteiger partial charge in [0, 0.05) is 6.20 Å². The zero-order valence-corrected chi connectivity index (χ0v) is 8.37. The number of hydrogen-bond donors (Lipinski definition) is 0. The van der Waals surface area contributed by atoms with Crippen LogP contribution in [0.3, 0.4) is 0 Å². The fraction of sp³-hybridized carbons (Fsp3) is 0. The van der Waals surface area contributed by atoms with Gasteiger partial charge in [0.25, 0.3) is 0 Å². The number of imidazole rings is 1. The smallest absolute Gasteiger partial charge is 0.145 e. The van der Waals surface area contributed by atoms with Crippen LogP contribution >= 0.6 is 0 Å². The Morgan fingerprint density at radius 3 is 3.06 bits per heavy atom. The Morgan fingerprint density at radius 2 is 2.19 bits per heavy atom. The fourth-order valence-corrected chi connectivity index (χ4v) is 1.45. The van der Waals surface area contributed by atoms with Crippen LogP contribution in [0.1, 0.15) is 0 Å². The SMILES string of the molecule is [c]1ncn2cc(Oc3cccnc3)ccc12. The second kappa shape index (κ2) is 3.66. The fourth-order valence-electron chi connectivity index (χ4n) is 1.45. The standard InChI is InChI=1S/C12H8N3O/c1-2-11(7-13-5-1)16-12-4-3-10-6-14-9-15(10)8-12/h1-5,7-9H. The topological polar surface area (TPSA) is 39.4 Å². The van der Waals surface area contributed by atoms with Crippen molar-refractivity contribution in [1.29, 1.82) is 0 Å². The summed E-state index contributed by atoms with van der Waals surface area (Å²) in [4.78, 5) is 7.90. The van der Waals surface area contributed by atoms with Crippen LogP contribution in [0.2, 0.25) is 0 Å². The molecular formula is C12H8N3O. The molecule has 0 unspecified atom stereocenters. The predicted octanol–water partition coefficient (Wildman–Crippen LogP) is 2.32. The zero-order chi connectivity index (χ0) is 10.8. The molecule has 0 spiro atoms. The molecule has 0 atom stereocenters. The van der Waals surface area contributed by atoms with Gasteiger partial charge in [0.05, 0.1) is 17.9 Å². The van der Waals surface area contributed by atoms with Crippen LogP contribution in [-0.4, -0.2) is 14.4 Å². The first-order valence-corrected chi connectivity index (χ1v) is 4.84. The second-order valence-electron chi connectivity index (χ2n) is 3.30. The highest BCUT2D eigenvalue weighted by molar-refractivity contribution is 5.46. The highest BCUT2D eigenvalue weighted by Gasteiger charge is 1.99. The third kappa shape index (κ3) is 1.61. The van der Waals surface area contributed by atoms with Gasteiger partial charge in [-0.3, -0.25) is 4.98 Å². The van der Waals surface area contributed by atoms with E-state index in [1.807, 2.05) is 34.9 Å². The molecule has 0 aliphatic rings. The van der Waals surface area contributed by atoms with Crippen molar-refractivity contribution in [2.75, 3.05) is 0 Å². The van der Waals surface area contributed by atoms with Gasteiger partial charge in [0.2, 0.25) is 0 Å². The van der Waals surface area contributed by atoms with Crippen molar-refractivity contribution in [3.8, 4) is 11.5 Å². The number of ether oxygens (including phenoxy) is 1. The molecule has 0 aliphatic heterocycles. The summed E-state index contributed by atoms with van der Waals surface area (Å²) >= 11 is 0. The Bertz CT molecular complexity index is 604. The normalized spacial score (nSPS) is 10.5. The molecule has 3 rings (SSSR count). The van der Waals surface area contributed by atoms with E-state index in [1.165, 1.54) is 0 Å². The Balaban J connectivity index is 1.94. The zero-order valence-electron chi connectivity index (χ0n) is 8.37. The first kappa shape index (κ1) is 8.91. The maximum absolute atomic E-state index is 5.63. The molecule has 0 saturated heterocycles. The van der Waals surface area contributed by atoms with Gasteiger partial charge in [-0.2, -0.15) is 0 Å². The summed E-state index contributed by atoms with van der Waals surface area (Å²) in [7, 11) is 0. The van der Waals surface area contributed by atoms with E-state index in [4.69, 9.17) is 4.74 Å². The molecule has 4 nitrogen and oxygen atoms in total. The number of pyridine rings is 2. The monoisotopic (exact) mass is 210 g/mol. The van der Waals surface area contributed by atoms with E-state index in [9.17, 15) is 0 Å². The maximum Gasteiger partial charge on any atom is 0.145 e. The minimum Gasteiger partial charge on any atom is -0.454 e. The third-order valence-electron chi connectivity index (χ3n) is 2.18. The number of rotatable bonds is 2. The average Bonchev–Trinajstić information content (AvgIpc) is 2.77. The summed E-state index contributed by atoms with van der Waals surface area (Å²) in [6, 6.07) is 7.47. The molecule has 0 saturated carbocycles. The highest BCUT2D eigenvalue weighted by Crippen LogP contribution is 2.20. The molecule has 0 bridgehead atoms. The summed E-state index contributed by atoms with van der Waals surface area (Å²) in [5.41, 5.74) is 0.915. The third-order valence-corrected chi connectivity index (χ3v) is 2.18. The van der Waals surface area contributed by atoms with E-state index in [-0.39, 0.29) is 0 Å². The second-order valence-corrected chi connectivity index (χ2v) is 3.30. The molecule has 4 heteroatoms. The van der Waals surface area contributed by atoms with Gasteiger partial charge >= 0.3 is 0 Å². The Kier molecular flexibility index (Phi) is 2.04. The number of hydrogen-bond acceptors (Lipinski definition) is 3. The minimum absolute atomic E-state index is 0.714. The van der Waals surface area contributed by atoms with Gasteiger partial charge in [-0.05, 0) is 24.3 Å². The van der Waals surface area contributed by atoms with E-state index in [0.29, 0.717) is 5.75 Å². The van der Waals surface area contributed by atoms with E-state index in [2.05, 4.69) is 16.2 Å². The Hall–Kier alpha value is -2.36. The van der Waals surface area contributed by atoms with Crippen LogP contribution in [0.5, 0.6) is 11.5 Å². The van der Waals surface area contributed by atoms with Crippen molar-refractivity contribution < 1.29 is 4.74 Å². The summed E-state index contributed by atoms with van der Waals surface area (Å²) in [6.45, 7) is 0. The van der Waals surface area contributed by atoms with Crippen molar-refractivity contribution in [3.05, 3.63) is 55.4 Å². The maximum atomic E-state index is 5.63. The lowest BCUT2D eigenvalue weighted by atomic mass is 10.4. The van der Waals surface area contributed by atoms with Gasteiger partial charge < -0.3 is 9.14 Å². The van der Waals surface area contributed by atoms with Gasteiger partial charge in [-0.25, -0.2) is 4.98 Å². The van der Waals surface area contributed by atoms with Crippen LogP contribution in [0.15, 0.2) is 49.2 Å². The lowest BCUT2D eigenvalue weighted by Crippen LogP contribution is -1.88. The highest BCUT2D eigenvalue weighted by atomic mass is 16.5. The van der Waals surface area contributed by atoms with Crippen molar-refractivity contribution in [3.63, 3.8) is 0 Å². The average molecular weight is 210 g/mol. The van der Waals surface area contributed by atoms with E-state index in [1.54, 1.807) is 18.7 Å². The van der Waals surface area contributed by atoms with Crippen molar-refractivity contribution in [1.82, 2.24) is 14.4 Å². The first-order valence-electron chi connectivity index (χ1n) is 4.84. The number of fused-ring (bicyclic) bond motifs is 1. The van der Waals surface area contributed by atoms with E-state index >= 15 is 0 Å². The molecule has 0 fully saturated rings. The van der Waals surface area contributed by atoms with Gasteiger partial charge in [-0.15, -0.1) is 0 Å². The molecular weight excluding hydrogens is 202 g/mol. The molecule has 1 radical (unpaired) electrons. The first-order chi connectivity index (χ1) is 7.92. The molecule has 3 aromatic heterocycles. The van der Waals surface area contributed by atoms with E-state index < -0.39 is 0 Å². The lowest BCUT2D eigenvalue weighted by Gasteiger charge is -2.04. The van der Waals surface area contributed by atoms with Gasteiger partial charge in [-0.1, -0.05) is 0 Å². The molecule has 3 aromatic rings. The van der Waals surface area contributed by atoms with Crippen LogP contribution in [-0.2, 0) is 0 Å². The Morgan fingerprint density at radius 1 is 1.19 bits per heavy atom. The summed E-state index contributed by atoms with van der Waals surface area (Å²) < 4.78 is 7.48. The van der Waals surface area contributed by atoms with Crippen molar-refractivity contribution in [2.45, 2.75) is 0 Å². The molecule has 16 heavy (non-hydrogen) atoms. The quantitative estimate of drug-likeness (QED) is 0.651. The Labute approximate surface area is 92.2 Å². The lowest BCUT2D eigenvalue weighted by molar-refractivity contribution is 0.477. The molecule has 0 N–H and O–H groups in total. The minimum atomic E-state index is 0.714. The molecule has 0 aliphatic carbocycles. The molecule has 0 amide bonds. The largest absolute Gasteiger partial charge is 0.454 e. The number of aromatic nitrogens is 3. The van der Waals surface area contributed by atoms with Crippen LogP contribution in [0.4, 0.5) is 0 Å². The molecule has 0 aromatic carbocycles. The van der Waals surface area contributed by atoms with Crippen LogP contribution in [0, 0.1) is 6.20 Å². The summed E-state index contributed by atoms with van der Waals surface area (Å²) in [5.74, 6) is 1.46. The van der Waals surface area contributed by atoms with Crippen molar-refractivity contribution in [2.24, 2.45) is 0 Å². The van der Waals surface area contributed by atoms with E-state index in [0.717, 1.165) is 11.3 Å². The number of nitrogens with zero attached hydrogens (tertiary/aromatic N) is 3. The predicted molar refractivity (Wildman–Crippen MR) is 58.3 cm³/mol.